The molecule has 0 amide bonds. The van der Waals surface area contributed by atoms with Gasteiger partial charge in [-0.2, -0.15) is 0 Å². The first-order chi connectivity index (χ1) is 43.5. The molecule has 0 aromatic rings. The summed E-state index contributed by atoms with van der Waals surface area (Å²) in [5.41, 5.74) is 0. The summed E-state index contributed by atoms with van der Waals surface area (Å²) in [5.74, 6) is -1.33. The number of hydrogen-bond acceptors (Lipinski definition) is 15. The molecule has 5 atom stereocenters. The van der Waals surface area contributed by atoms with Crippen molar-refractivity contribution in [2.45, 2.75) is 387 Å². The number of rotatable bonds is 71. The number of carbonyl (C=O) groups excluding carboxylic acids is 4. The zero-order valence-corrected chi connectivity index (χ0v) is 60.1. The van der Waals surface area contributed by atoms with Gasteiger partial charge < -0.3 is 33.8 Å². The van der Waals surface area contributed by atoms with E-state index in [1.807, 2.05) is 0 Å². The minimum atomic E-state index is -4.95. The molecule has 0 spiro atoms. The van der Waals surface area contributed by atoms with Crippen LogP contribution < -0.4 is 0 Å². The molecule has 0 rings (SSSR count). The van der Waals surface area contributed by atoms with Crippen molar-refractivity contribution in [1.82, 2.24) is 0 Å². The van der Waals surface area contributed by atoms with Crippen LogP contribution >= 0.6 is 15.6 Å². The van der Waals surface area contributed by atoms with Crippen molar-refractivity contribution in [2.75, 3.05) is 39.6 Å². The highest BCUT2D eigenvalue weighted by molar-refractivity contribution is 7.47. The van der Waals surface area contributed by atoms with Gasteiger partial charge in [-0.3, -0.25) is 37.3 Å². The summed E-state index contributed by atoms with van der Waals surface area (Å²) in [6.45, 7) is 7.24. The lowest BCUT2D eigenvalue weighted by atomic mass is 10.0. The van der Waals surface area contributed by atoms with Gasteiger partial charge in [0.05, 0.1) is 26.4 Å². The number of esters is 4. The maximum Gasteiger partial charge on any atom is 0.472 e. The fraction of sp³-hybridized carbons (Fsp3) is 0.944. The average Bonchev–Trinajstić information content (AvgIpc) is 3.69. The second-order valence-electron chi connectivity index (χ2n) is 26.1. The van der Waals surface area contributed by atoms with Crippen molar-refractivity contribution in [2.24, 2.45) is 5.92 Å². The topological polar surface area (TPSA) is 237 Å². The van der Waals surface area contributed by atoms with Crippen LogP contribution in [0, 0.1) is 5.92 Å². The Balaban J connectivity index is 5.19. The molecular formula is C71H138O17P2. The summed E-state index contributed by atoms with van der Waals surface area (Å²) in [6, 6.07) is 0. The number of aliphatic hydroxyl groups is 1. The molecule has 0 aromatic heterocycles. The van der Waals surface area contributed by atoms with E-state index in [0.717, 1.165) is 102 Å². The summed E-state index contributed by atoms with van der Waals surface area (Å²) in [5, 5.41) is 10.6. The van der Waals surface area contributed by atoms with Crippen molar-refractivity contribution in [3.63, 3.8) is 0 Å². The molecule has 0 fully saturated rings. The zero-order valence-electron chi connectivity index (χ0n) is 58.3. The van der Waals surface area contributed by atoms with E-state index in [1.54, 1.807) is 0 Å². The second-order valence-corrected chi connectivity index (χ2v) is 29.0. The van der Waals surface area contributed by atoms with Crippen LogP contribution in [0.2, 0.25) is 0 Å². The summed E-state index contributed by atoms with van der Waals surface area (Å²) < 4.78 is 68.2. The molecule has 534 valence electrons. The van der Waals surface area contributed by atoms with Gasteiger partial charge in [-0.25, -0.2) is 9.13 Å². The molecule has 0 saturated carbocycles. The number of phosphoric ester groups is 2. The Morgan fingerprint density at radius 2 is 0.511 bits per heavy atom. The third-order valence-electron chi connectivity index (χ3n) is 16.5. The highest BCUT2D eigenvalue weighted by Gasteiger charge is 2.30. The molecule has 0 saturated heterocycles. The van der Waals surface area contributed by atoms with Gasteiger partial charge in [-0.05, 0) is 31.6 Å². The van der Waals surface area contributed by atoms with E-state index in [2.05, 4.69) is 34.6 Å². The van der Waals surface area contributed by atoms with Crippen LogP contribution in [0.15, 0.2) is 0 Å². The Kier molecular flexibility index (Phi) is 63.0. The highest BCUT2D eigenvalue weighted by atomic mass is 31.2. The second kappa shape index (κ2) is 64.4. The van der Waals surface area contributed by atoms with Gasteiger partial charge in [0, 0.05) is 25.7 Å². The number of phosphoric acid groups is 2. The molecule has 0 bridgehead atoms. The van der Waals surface area contributed by atoms with Gasteiger partial charge in [-0.1, -0.05) is 317 Å². The summed E-state index contributed by atoms with van der Waals surface area (Å²) in [6.07, 6.45) is 51.4. The minimum Gasteiger partial charge on any atom is -0.462 e. The molecule has 17 nitrogen and oxygen atoms in total. The largest absolute Gasteiger partial charge is 0.472 e. The van der Waals surface area contributed by atoms with Gasteiger partial charge in [-0.15, -0.1) is 0 Å². The molecule has 3 N–H and O–H groups in total. The van der Waals surface area contributed by atoms with Crippen LogP contribution in [0.4, 0.5) is 0 Å². The van der Waals surface area contributed by atoms with E-state index in [-0.39, 0.29) is 25.7 Å². The standard InChI is InChI=1S/C71H138O17P2/c1-6-9-12-15-18-21-22-23-24-25-29-32-36-40-45-50-55-69(74)82-61-67(88-71(76)57-52-47-42-37-33-30-27-26-28-31-35-38-43-48-53-64(4)5)63-86-90(79,80)84-59-65(72)58-83-89(77,78)85-62-66(60-81-68(73)54-49-44-39-20-17-14-11-8-3)87-70(75)56-51-46-41-34-19-16-13-10-7-2/h64-67,72H,6-63H2,1-5H3,(H,77,78)(H,79,80)/t65-,66+,67+/m0/s1. The van der Waals surface area contributed by atoms with E-state index >= 15 is 0 Å². The quantitative estimate of drug-likeness (QED) is 0.0222. The molecule has 0 aliphatic heterocycles. The SMILES string of the molecule is CCCCCCCCCCCCCCCCCCC(=O)OC[C@H](COP(=O)(O)OC[C@@H](O)COP(=O)(O)OC[C@@H](COC(=O)CCCCCCCCCC)OC(=O)CCCCCCCCCCC)OC(=O)CCCCCCCCCCCCCCCCC(C)C. The molecule has 0 aliphatic rings. The lowest BCUT2D eigenvalue weighted by molar-refractivity contribution is -0.161. The lowest BCUT2D eigenvalue weighted by Crippen LogP contribution is -2.30. The Labute approximate surface area is 549 Å². The molecular weight excluding hydrogens is 1190 g/mol. The van der Waals surface area contributed by atoms with Crippen LogP contribution in [0.3, 0.4) is 0 Å². The highest BCUT2D eigenvalue weighted by Crippen LogP contribution is 2.45. The van der Waals surface area contributed by atoms with Gasteiger partial charge in [0.1, 0.15) is 19.3 Å². The number of unbranched alkanes of at least 4 members (excludes halogenated alkanes) is 43. The first-order valence-corrected chi connectivity index (χ1v) is 40.1. The number of ether oxygens (including phenoxy) is 4. The summed E-state index contributed by atoms with van der Waals surface area (Å²) in [7, 11) is -9.89. The van der Waals surface area contributed by atoms with E-state index in [1.165, 1.54) is 186 Å². The van der Waals surface area contributed by atoms with Gasteiger partial charge in [0.2, 0.25) is 0 Å². The monoisotopic (exact) mass is 1320 g/mol. The van der Waals surface area contributed by atoms with Crippen LogP contribution in [-0.4, -0.2) is 96.7 Å². The predicted molar refractivity (Wildman–Crippen MR) is 363 cm³/mol. The van der Waals surface area contributed by atoms with E-state index in [0.29, 0.717) is 25.7 Å². The van der Waals surface area contributed by atoms with Crippen molar-refractivity contribution < 1.29 is 80.2 Å². The fourth-order valence-electron chi connectivity index (χ4n) is 10.8. The van der Waals surface area contributed by atoms with E-state index < -0.39 is 97.5 Å². The molecule has 0 aromatic carbocycles. The zero-order chi connectivity index (χ0) is 66.3. The van der Waals surface area contributed by atoms with Crippen molar-refractivity contribution >= 4 is 39.5 Å². The lowest BCUT2D eigenvalue weighted by Gasteiger charge is -2.21. The predicted octanol–water partition coefficient (Wildman–Crippen LogP) is 20.5. The Morgan fingerprint density at radius 1 is 0.300 bits per heavy atom. The maximum absolute atomic E-state index is 13.0. The molecule has 90 heavy (non-hydrogen) atoms. The molecule has 0 radical (unpaired) electrons. The van der Waals surface area contributed by atoms with Crippen LogP contribution in [0.5, 0.6) is 0 Å². The smallest absolute Gasteiger partial charge is 0.462 e. The minimum absolute atomic E-state index is 0.106. The van der Waals surface area contributed by atoms with Gasteiger partial charge in [0.25, 0.3) is 0 Å². The van der Waals surface area contributed by atoms with Crippen LogP contribution in [-0.2, 0) is 65.4 Å². The Hall–Kier alpha value is -1.94. The normalized spacial score (nSPS) is 14.1. The van der Waals surface area contributed by atoms with Crippen molar-refractivity contribution in [3.05, 3.63) is 0 Å². The number of hydrogen-bond donors (Lipinski definition) is 3. The first kappa shape index (κ1) is 88.1. The van der Waals surface area contributed by atoms with Crippen molar-refractivity contribution in [3.8, 4) is 0 Å². The number of carbonyl (C=O) groups is 4. The molecule has 2 unspecified atom stereocenters. The van der Waals surface area contributed by atoms with E-state index in [4.69, 9.17) is 37.0 Å². The van der Waals surface area contributed by atoms with Crippen molar-refractivity contribution in [1.29, 1.82) is 0 Å². The fourth-order valence-corrected chi connectivity index (χ4v) is 12.4. The molecule has 19 heteroatoms. The summed E-state index contributed by atoms with van der Waals surface area (Å²) in [4.78, 5) is 72.4. The summed E-state index contributed by atoms with van der Waals surface area (Å²) >= 11 is 0. The maximum atomic E-state index is 13.0. The van der Waals surface area contributed by atoms with Crippen LogP contribution in [0.1, 0.15) is 369 Å². The number of aliphatic hydroxyl groups excluding tert-OH is 1. The third-order valence-corrected chi connectivity index (χ3v) is 18.4. The van der Waals surface area contributed by atoms with Gasteiger partial charge >= 0.3 is 39.5 Å². The Morgan fingerprint density at radius 3 is 0.756 bits per heavy atom. The molecule has 0 heterocycles. The Bertz CT molecular complexity index is 1740. The molecule has 0 aliphatic carbocycles. The van der Waals surface area contributed by atoms with Crippen LogP contribution in [0.25, 0.3) is 0 Å². The third kappa shape index (κ3) is 64.8. The average molecular weight is 1330 g/mol. The van der Waals surface area contributed by atoms with Gasteiger partial charge in [0.15, 0.2) is 12.2 Å². The first-order valence-electron chi connectivity index (χ1n) is 37.1. The van der Waals surface area contributed by atoms with E-state index in [9.17, 15) is 43.2 Å².